The first-order valence-corrected chi connectivity index (χ1v) is 16.2. The number of benzene rings is 9. The lowest BCUT2D eigenvalue weighted by Gasteiger charge is -2.20. The summed E-state index contributed by atoms with van der Waals surface area (Å²) in [6.07, 6.45) is 0. The Balaban J connectivity index is 1.35. The Kier molecular flexibility index (Phi) is 5.64. The molecule has 10 rings (SSSR count). The Morgan fingerprint density at radius 2 is 0.723 bits per heavy atom. The fourth-order valence-corrected chi connectivity index (χ4v) is 7.73. The molecule has 0 bridgehead atoms. The molecule has 1 heteroatoms. The van der Waals surface area contributed by atoms with Crippen LogP contribution in [0.4, 0.5) is 0 Å². The molecule has 0 fully saturated rings. The van der Waals surface area contributed by atoms with Gasteiger partial charge in [0, 0.05) is 10.8 Å². The number of hydrogen-bond donors (Lipinski definition) is 0. The van der Waals surface area contributed by atoms with Crippen molar-refractivity contribution in [2.45, 2.75) is 0 Å². The second-order valence-corrected chi connectivity index (χ2v) is 12.4. The van der Waals surface area contributed by atoms with E-state index in [1.165, 1.54) is 76.5 Å². The van der Waals surface area contributed by atoms with E-state index in [4.69, 9.17) is 4.42 Å². The molecule has 9 aromatic carbocycles. The molecular weight excluding hydrogens is 569 g/mol. The summed E-state index contributed by atoms with van der Waals surface area (Å²) >= 11 is 0. The second-order valence-electron chi connectivity index (χ2n) is 12.4. The van der Waals surface area contributed by atoms with E-state index in [0.717, 1.165) is 21.9 Å². The quantitative estimate of drug-likeness (QED) is 0.185. The first-order valence-electron chi connectivity index (χ1n) is 16.2. The summed E-state index contributed by atoms with van der Waals surface area (Å²) < 4.78 is 6.18. The predicted octanol–water partition coefficient (Wildman–Crippen LogP) is 13.2. The van der Waals surface area contributed by atoms with Gasteiger partial charge in [0.25, 0.3) is 0 Å². The van der Waals surface area contributed by atoms with E-state index in [-0.39, 0.29) is 0 Å². The van der Waals surface area contributed by atoms with Crippen LogP contribution in [0.5, 0.6) is 0 Å². The zero-order valence-electron chi connectivity index (χ0n) is 25.6. The summed E-state index contributed by atoms with van der Waals surface area (Å²) in [5, 5.41) is 12.3. The zero-order chi connectivity index (χ0) is 30.9. The van der Waals surface area contributed by atoms with Gasteiger partial charge in [-0.3, -0.25) is 0 Å². The number of hydrogen-bond acceptors (Lipinski definition) is 1. The highest BCUT2D eigenvalue weighted by molar-refractivity contribution is 6.25. The molecule has 0 saturated carbocycles. The number of para-hydroxylation sites is 1. The minimum Gasteiger partial charge on any atom is -0.456 e. The summed E-state index contributed by atoms with van der Waals surface area (Å²) in [6.45, 7) is 0. The maximum absolute atomic E-state index is 6.18. The molecule has 0 radical (unpaired) electrons. The fraction of sp³-hybridized carbons (Fsp3) is 0. The minimum atomic E-state index is 0.913. The van der Waals surface area contributed by atoms with Gasteiger partial charge >= 0.3 is 0 Å². The topological polar surface area (TPSA) is 13.1 Å². The molecular formula is C46H28O. The highest BCUT2D eigenvalue weighted by Crippen LogP contribution is 2.47. The van der Waals surface area contributed by atoms with E-state index in [9.17, 15) is 0 Å². The van der Waals surface area contributed by atoms with E-state index in [2.05, 4.69) is 158 Å². The van der Waals surface area contributed by atoms with Crippen LogP contribution in [0, 0.1) is 0 Å². The number of fused-ring (bicyclic) bond motifs is 7. The summed E-state index contributed by atoms with van der Waals surface area (Å²) in [5.74, 6) is 0. The Morgan fingerprint density at radius 3 is 1.38 bits per heavy atom. The Hall–Kier alpha value is -6.18. The summed E-state index contributed by atoms with van der Waals surface area (Å²) in [7, 11) is 0. The Bertz CT molecular complexity index is 2840. The average molecular weight is 597 g/mol. The molecule has 0 saturated heterocycles. The van der Waals surface area contributed by atoms with Crippen molar-refractivity contribution in [2.24, 2.45) is 0 Å². The maximum atomic E-state index is 6.18. The SMILES string of the molecule is c1ccc2c(-c3c4ccccc4c(-c4cccc5ccccc45)c4cc(-c5ccc6oc7ccccc7c6c5)ccc34)cccc2c1. The van der Waals surface area contributed by atoms with Crippen molar-refractivity contribution in [3.8, 4) is 33.4 Å². The lowest BCUT2D eigenvalue weighted by Crippen LogP contribution is -1.93. The molecule has 0 aliphatic heterocycles. The fourth-order valence-electron chi connectivity index (χ4n) is 7.73. The van der Waals surface area contributed by atoms with Crippen molar-refractivity contribution < 1.29 is 4.42 Å². The van der Waals surface area contributed by atoms with Crippen LogP contribution in [0.15, 0.2) is 174 Å². The van der Waals surface area contributed by atoms with Gasteiger partial charge in [0.1, 0.15) is 11.2 Å². The third-order valence-electron chi connectivity index (χ3n) is 9.85. The van der Waals surface area contributed by atoms with Crippen LogP contribution >= 0.6 is 0 Å². The van der Waals surface area contributed by atoms with Crippen LogP contribution in [0.25, 0.3) is 98.4 Å². The Morgan fingerprint density at radius 1 is 0.277 bits per heavy atom. The molecule has 1 aromatic heterocycles. The van der Waals surface area contributed by atoms with E-state index in [1.807, 2.05) is 12.1 Å². The summed E-state index contributed by atoms with van der Waals surface area (Å²) in [6, 6.07) is 61.7. The van der Waals surface area contributed by atoms with E-state index < -0.39 is 0 Å². The van der Waals surface area contributed by atoms with E-state index >= 15 is 0 Å². The van der Waals surface area contributed by atoms with Crippen molar-refractivity contribution in [2.75, 3.05) is 0 Å². The smallest absolute Gasteiger partial charge is 0.135 e. The molecule has 0 aliphatic carbocycles. The van der Waals surface area contributed by atoms with Gasteiger partial charge in [-0.15, -0.1) is 0 Å². The molecule has 1 heterocycles. The van der Waals surface area contributed by atoms with Gasteiger partial charge in [-0.1, -0.05) is 146 Å². The summed E-state index contributed by atoms with van der Waals surface area (Å²) in [4.78, 5) is 0. The van der Waals surface area contributed by atoms with Crippen LogP contribution in [0.3, 0.4) is 0 Å². The predicted molar refractivity (Wildman–Crippen MR) is 200 cm³/mol. The second kappa shape index (κ2) is 10.2. The molecule has 0 amide bonds. The monoisotopic (exact) mass is 596 g/mol. The highest BCUT2D eigenvalue weighted by Gasteiger charge is 2.20. The first kappa shape index (κ1) is 26.1. The van der Waals surface area contributed by atoms with Gasteiger partial charge in [-0.2, -0.15) is 0 Å². The standard InChI is InChI=1S/C46H28O/c1-3-15-33-29(11-1)13-9-20-36(33)45-38-18-5-6-19-39(38)46(37-21-10-14-30-12-2-4-16-34(30)37)42-28-31(23-25-40(42)45)32-24-26-44-41(27-32)35-17-7-8-22-43(35)47-44/h1-28H. The summed E-state index contributed by atoms with van der Waals surface area (Å²) in [5.41, 5.74) is 9.25. The Labute approximate surface area is 271 Å². The van der Waals surface area contributed by atoms with Gasteiger partial charge in [-0.25, -0.2) is 0 Å². The van der Waals surface area contributed by atoms with E-state index in [0.29, 0.717) is 0 Å². The van der Waals surface area contributed by atoms with Gasteiger partial charge in [0.15, 0.2) is 0 Å². The highest BCUT2D eigenvalue weighted by atomic mass is 16.3. The van der Waals surface area contributed by atoms with Crippen LogP contribution < -0.4 is 0 Å². The molecule has 0 atom stereocenters. The van der Waals surface area contributed by atoms with Gasteiger partial charge in [0.2, 0.25) is 0 Å². The molecule has 0 N–H and O–H groups in total. The van der Waals surface area contributed by atoms with Gasteiger partial charge < -0.3 is 4.42 Å². The van der Waals surface area contributed by atoms with E-state index in [1.54, 1.807) is 0 Å². The third kappa shape index (κ3) is 3.97. The van der Waals surface area contributed by atoms with Crippen LogP contribution in [-0.2, 0) is 0 Å². The van der Waals surface area contributed by atoms with Crippen molar-refractivity contribution in [3.63, 3.8) is 0 Å². The van der Waals surface area contributed by atoms with Crippen molar-refractivity contribution in [3.05, 3.63) is 170 Å². The first-order chi connectivity index (χ1) is 23.3. The van der Waals surface area contributed by atoms with Crippen LogP contribution in [0.2, 0.25) is 0 Å². The van der Waals surface area contributed by atoms with Crippen molar-refractivity contribution in [1.29, 1.82) is 0 Å². The average Bonchev–Trinajstić information content (AvgIpc) is 3.51. The third-order valence-corrected chi connectivity index (χ3v) is 9.85. The molecule has 47 heavy (non-hydrogen) atoms. The molecule has 0 unspecified atom stereocenters. The normalized spacial score (nSPS) is 11.8. The van der Waals surface area contributed by atoms with Crippen molar-refractivity contribution in [1.82, 2.24) is 0 Å². The largest absolute Gasteiger partial charge is 0.456 e. The van der Waals surface area contributed by atoms with Crippen LogP contribution in [0.1, 0.15) is 0 Å². The molecule has 10 aromatic rings. The number of rotatable bonds is 3. The van der Waals surface area contributed by atoms with Crippen molar-refractivity contribution >= 4 is 65.0 Å². The number of furan rings is 1. The lowest BCUT2D eigenvalue weighted by atomic mass is 9.83. The molecule has 0 aliphatic rings. The van der Waals surface area contributed by atoms with Gasteiger partial charge in [0.05, 0.1) is 0 Å². The van der Waals surface area contributed by atoms with Gasteiger partial charge in [-0.05, 0) is 101 Å². The molecule has 218 valence electrons. The molecule has 1 nitrogen and oxygen atoms in total. The molecule has 0 spiro atoms. The zero-order valence-corrected chi connectivity index (χ0v) is 25.6. The lowest BCUT2D eigenvalue weighted by molar-refractivity contribution is 0.669. The minimum absolute atomic E-state index is 0.913. The van der Waals surface area contributed by atoms with Crippen LogP contribution in [-0.4, -0.2) is 0 Å². The maximum Gasteiger partial charge on any atom is 0.135 e.